The molecule has 1 fully saturated rings. The van der Waals surface area contributed by atoms with E-state index in [0.29, 0.717) is 29.5 Å². The third-order valence-electron chi connectivity index (χ3n) is 3.79. The summed E-state index contributed by atoms with van der Waals surface area (Å²) in [5.74, 6) is 0.0202. The normalized spacial score (nSPS) is 17.7. The van der Waals surface area contributed by atoms with Gasteiger partial charge in [0.05, 0.1) is 18.7 Å². The topological polar surface area (TPSA) is 61.9 Å². The van der Waals surface area contributed by atoms with E-state index in [1.165, 1.54) is 0 Å². The van der Waals surface area contributed by atoms with Crippen molar-refractivity contribution in [2.75, 3.05) is 45.7 Å². The average molecular weight is 340 g/mol. The standard InChI is InChI=1S/C16H22ClN3O3/c1-19(2)7-6-18-16(22)11-8-15(21)20(10-11)13-9-12(17)4-5-14(13)23-3/h4-5,9,11H,6-8,10H2,1-3H3,(H,18,22)/t11-/m1/s1. The number of nitrogens with one attached hydrogen (secondary N) is 1. The lowest BCUT2D eigenvalue weighted by atomic mass is 10.1. The first-order valence-corrected chi connectivity index (χ1v) is 7.86. The van der Waals surface area contributed by atoms with Gasteiger partial charge >= 0.3 is 0 Å². The van der Waals surface area contributed by atoms with E-state index in [1.54, 1.807) is 30.2 Å². The van der Waals surface area contributed by atoms with Crippen LogP contribution in [0.4, 0.5) is 5.69 Å². The molecule has 7 heteroatoms. The summed E-state index contributed by atoms with van der Waals surface area (Å²) < 4.78 is 5.29. The van der Waals surface area contributed by atoms with Gasteiger partial charge in [-0.3, -0.25) is 9.59 Å². The molecule has 1 aromatic carbocycles. The van der Waals surface area contributed by atoms with Crippen LogP contribution in [-0.2, 0) is 9.59 Å². The number of carbonyl (C=O) groups excluding carboxylic acids is 2. The highest BCUT2D eigenvalue weighted by atomic mass is 35.5. The number of carbonyl (C=O) groups is 2. The summed E-state index contributed by atoms with van der Waals surface area (Å²) in [6.07, 6.45) is 0.198. The average Bonchev–Trinajstić information content (AvgIpc) is 2.88. The number of rotatable bonds is 6. The summed E-state index contributed by atoms with van der Waals surface area (Å²) in [6.45, 7) is 1.67. The summed E-state index contributed by atoms with van der Waals surface area (Å²) in [7, 11) is 5.43. The molecule has 2 amide bonds. The van der Waals surface area contributed by atoms with Gasteiger partial charge in [0.2, 0.25) is 11.8 Å². The highest BCUT2D eigenvalue weighted by Crippen LogP contribution is 2.35. The highest BCUT2D eigenvalue weighted by molar-refractivity contribution is 6.31. The molecule has 0 radical (unpaired) electrons. The fourth-order valence-corrected chi connectivity index (χ4v) is 2.70. The van der Waals surface area contributed by atoms with Crippen LogP contribution in [0.2, 0.25) is 5.02 Å². The summed E-state index contributed by atoms with van der Waals surface area (Å²) >= 11 is 6.02. The zero-order valence-electron chi connectivity index (χ0n) is 13.6. The molecule has 0 aromatic heterocycles. The van der Waals surface area contributed by atoms with Gasteiger partial charge < -0.3 is 19.9 Å². The van der Waals surface area contributed by atoms with Gasteiger partial charge in [-0.1, -0.05) is 11.6 Å². The van der Waals surface area contributed by atoms with E-state index in [1.807, 2.05) is 19.0 Å². The monoisotopic (exact) mass is 339 g/mol. The van der Waals surface area contributed by atoms with Gasteiger partial charge in [0.15, 0.2) is 0 Å². The van der Waals surface area contributed by atoms with Gasteiger partial charge in [-0.2, -0.15) is 0 Å². The Morgan fingerprint density at radius 1 is 1.48 bits per heavy atom. The number of anilines is 1. The third-order valence-corrected chi connectivity index (χ3v) is 4.02. The van der Waals surface area contributed by atoms with Crippen LogP contribution < -0.4 is 15.0 Å². The van der Waals surface area contributed by atoms with E-state index >= 15 is 0 Å². The van der Waals surface area contributed by atoms with Gasteiger partial charge in [-0.05, 0) is 32.3 Å². The van der Waals surface area contributed by atoms with E-state index in [2.05, 4.69) is 5.32 Å². The molecule has 0 spiro atoms. The number of nitrogens with zero attached hydrogens (tertiary/aromatic N) is 2. The molecule has 23 heavy (non-hydrogen) atoms. The molecule has 0 bridgehead atoms. The number of likely N-dealkylation sites (N-methyl/N-ethyl adjacent to an activating group) is 1. The van der Waals surface area contributed by atoms with E-state index < -0.39 is 0 Å². The van der Waals surface area contributed by atoms with Crippen molar-refractivity contribution in [2.45, 2.75) is 6.42 Å². The first-order valence-electron chi connectivity index (χ1n) is 7.48. The Balaban J connectivity index is 2.05. The van der Waals surface area contributed by atoms with Crippen LogP contribution >= 0.6 is 11.6 Å². The maximum Gasteiger partial charge on any atom is 0.227 e. The number of hydrogen-bond acceptors (Lipinski definition) is 4. The molecule has 1 N–H and O–H groups in total. The van der Waals surface area contributed by atoms with Crippen molar-refractivity contribution >= 4 is 29.1 Å². The van der Waals surface area contributed by atoms with Gasteiger partial charge in [0, 0.05) is 31.1 Å². The Kier molecular flexibility index (Phi) is 5.85. The Morgan fingerprint density at radius 3 is 2.87 bits per heavy atom. The molecular formula is C16H22ClN3O3. The van der Waals surface area contributed by atoms with E-state index in [0.717, 1.165) is 6.54 Å². The Morgan fingerprint density at radius 2 is 2.22 bits per heavy atom. The second kappa shape index (κ2) is 7.66. The van der Waals surface area contributed by atoms with Crippen LogP contribution in [0, 0.1) is 5.92 Å². The molecule has 0 unspecified atom stereocenters. The molecular weight excluding hydrogens is 318 g/mol. The number of methoxy groups -OCH3 is 1. The molecule has 6 nitrogen and oxygen atoms in total. The van der Waals surface area contributed by atoms with Crippen molar-refractivity contribution in [1.82, 2.24) is 10.2 Å². The lowest BCUT2D eigenvalue weighted by Crippen LogP contribution is -2.36. The van der Waals surface area contributed by atoms with Crippen LogP contribution in [0.25, 0.3) is 0 Å². The van der Waals surface area contributed by atoms with Gasteiger partial charge in [-0.25, -0.2) is 0 Å². The number of halogens is 1. The Labute approximate surface area is 141 Å². The quantitative estimate of drug-likeness (QED) is 0.850. The maximum atomic E-state index is 12.3. The van der Waals surface area contributed by atoms with Crippen LogP contribution in [-0.4, -0.2) is 57.6 Å². The molecule has 1 atom stereocenters. The van der Waals surface area contributed by atoms with Crippen LogP contribution in [0.1, 0.15) is 6.42 Å². The molecule has 1 aromatic rings. The summed E-state index contributed by atoms with van der Waals surface area (Å²) in [5.41, 5.74) is 0.605. The minimum atomic E-state index is -0.353. The summed E-state index contributed by atoms with van der Waals surface area (Å²) in [6, 6.07) is 5.11. The molecule has 2 rings (SSSR count). The van der Waals surface area contributed by atoms with Crippen molar-refractivity contribution in [3.8, 4) is 5.75 Å². The first kappa shape index (κ1) is 17.6. The molecule has 0 saturated carbocycles. The SMILES string of the molecule is COc1ccc(Cl)cc1N1C[C@H](C(=O)NCCN(C)C)CC1=O. The van der Waals surface area contributed by atoms with Crippen LogP contribution in [0.3, 0.4) is 0 Å². The third kappa shape index (κ3) is 4.36. The van der Waals surface area contributed by atoms with Crippen molar-refractivity contribution in [1.29, 1.82) is 0 Å². The second-order valence-corrected chi connectivity index (χ2v) is 6.25. The number of hydrogen-bond donors (Lipinski definition) is 1. The van der Waals surface area contributed by atoms with Gasteiger partial charge in [0.25, 0.3) is 0 Å². The molecule has 1 aliphatic heterocycles. The maximum absolute atomic E-state index is 12.3. The largest absolute Gasteiger partial charge is 0.495 e. The molecule has 126 valence electrons. The van der Waals surface area contributed by atoms with Crippen LogP contribution in [0.15, 0.2) is 18.2 Å². The van der Waals surface area contributed by atoms with Gasteiger partial charge in [0.1, 0.15) is 5.75 Å². The predicted molar refractivity (Wildman–Crippen MR) is 90.0 cm³/mol. The summed E-state index contributed by atoms with van der Waals surface area (Å²) in [5, 5.41) is 3.39. The van der Waals surface area contributed by atoms with E-state index in [4.69, 9.17) is 16.3 Å². The van der Waals surface area contributed by atoms with E-state index in [-0.39, 0.29) is 24.2 Å². The van der Waals surface area contributed by atoms with E-state index in [9.17, 15) is 9.59 Å². The van der Waals surface area contributed by atoms with Crippen molar-refractivity contribution in [3.63, 3.8) is 0 Å². The number of amides is 2. The first-order chi connectivity index (χ1) is 10.9. The summed E-state index contributed by atoms with van der Waals surface area (Å²) in [4.78, 5) is 28.1. The lowest BCUT2D eigenvalue weighted by Gasteiger charge is -2.20. The molecule has 1 heterocycles. The zero-order chi connectivity index (χ0) is 17.0. The van der Waals surface area contributed by atoms with Crippen molar-refractivity contribution in [3.05, 3.63) is 23.2 Å². The molecule has 1 saturated heterocycles. The Bertz CT molecular complexity index is 592. The predicted octanol–water partition coefficient (Wildman–Crippen LogP) is 1.38. The zero-order valence-corrected chi connectivity index (χ0v) is 14.4. The minimum Gasteiger partial charge on any atom is -0.495 e. The number of ether oxygens (including phenoxy) is 1. The number of benzene rings is 1. The van der Waals surface area contributed by atoms with Gasteiger partial charge in [-0.15, -0.1) is 0 Å². The second-order valence-electron chi connectivity index (χ2n) is 5.82. The van der Waals surface area contributed by atoms with Crippen molar-refractivity contribution in [2.24, 2.45) is 5.92 Å². The molecule has 0 aliphatic carbocycles. The van der Waals surface area contributed by atoms with Crippen LogP contribution in [0.5, 0.6) is 5.75 Å². The lowest BCUT2D eigenvalue weighted by molar-refractivity contribution is -0.126. The fraction of sp³-hybridized carbons (Fsp3) is 0.500. The smallest absolute Gasteiger partial charge is 0.227 e. The molecule has 1 aliphatic rings. The fourth-order valence-electron chi connectivity index (χ4n) is 2.54. The van der Waals surface area contributed by atoms with Crippen molar-refractivity contribution < 1.29 is 14.3 Å². The highest BCUT2D eigenvalue weighted by Gasteiger charge is 2.36. The Hall–Kier alpha value is -1.79. The minimum absolute atomic E-state index is 0.0938.